The second-order valence-electron chi connectivity index (χ2n) is 15.6. The van der Waals surface area contributed by atoms with Crippen LogP contribution in [-0.2, 0) is 9.47 Å². The van der Waals surface area contributed by atoms with Gasteiger partial charge in [0, 0.05) is 13.2 Å². The summed E-state index contributed by atoms with van der Waals surface area (Å²) in [5.74, 6) is 0. The molecule has 0 N–H and O–H groups in total. The van der Waals surface area contributed by atoms with Crippen LogP contribution in [0.3, 0.4) is 0 Å². The van der Waals surface area contributed by atoms with Crippen LogP contribution in [0.25, 0.3) is 0 Å². The van der Waals surface area contributed by atoms with E-state index in [1.807, 2.05) is 0 Å². The predicted octanol–water partition coefficient (Wildman–Crippen LogP) is 10.6. The maximum absolute atomic E-state index is 6.33. The van der Waals surface area contributed by atoms with Gasteiger partial charge in [0.25, 0.3) is 0 Å². The summed E-state index contributed by atoms with van der Waals surface area (Å²) >= 11 is 0. The van der Waals surface area contributed by atoms with E-state index in [4.69, 9.17) is 9.47 Å². The van der Waals surface area contributed by atoms with E-state index < -0.39 is 0 Å². The number of nitrogens with zero attached hydrogens (tertiary/aromatic N) is 1. The summed E-state index contributed by atoms with van der Waals surface area (Å²) < 4.78 is 13.4. The number of unbranched alkanes of at least 4 members (excludes halogenated alkanes) is 30. The molecule has 46 heavy (non-hydrogen) atoms. The molecule has 0 bridgehead atoms. The third kappa shape index (κ3) is 42.2. The number of hydrogen-bond donors (Lipinski definition) is 0. The van der Waals surface area contributed by atoms with Crippen LogP contribution in [0.5, 0.6) is 0 Å². The van der Waals surface area contributed by atoms with Crippen molar-refractivity contribution in [2.45, 2.75) is 225 Å². The number of quaternary nitrogens is 1. The van der Waals surface area contributed by atoms with Gasteiger partial charge in [-0.3, -0.25) is 0 Å². The normalized spacial score (nSPS) is 12.5. The number of hydrogen-bond acceptors (Lipinski definition) is 2. The third-order valence-corrected chi connectivity index (χ3v) is 9.55. The number of likely N-dealkylation sites (N-methyl/N-ethyl adjacent to an activating group) is 1. The molecule has 280 valence electrons. The highest BCUT2D eigenvalue weighted by atomic mass is 35.5. The van der Waals surface area contributed by atoms with E-state index in [-0.39, 0.29) is 18.5 Å². The molecule has 0 saturated carbocycles. The Morgan fingerprint density at radius 1 is 0.370 bits per heavy atom. The van der Waals surface area contributed by atoms with Crippen LogP contribution < -0.4 is 12.4 Å². The van der Waals surface area contributed by atoms with Crippen molar-refractivity contribution in [1.29, 1.82) is 0 Å². The molecule has 0 aromatic rings. The first-order valence-electron chi connectivity index (χ1n) is 21.0. The van der Waals surface area contributed by atoms with Gasteiger partial charge in [-0.15, -0.1) is 0 Å². The first kappa shape index (κ1) is 48.3. The summed E-state index contributed by atoms with van der Waals surface area (Å²) in [6, 6.07) is 0. The van der Waals surface area contributed by atoms with Crippen LogP contribution in [0.4, 0.5) is 0 Å². The molecule has 4 heteroatoms. The second-order valence-corrected chi connectivity index (χ2v) is 15.6. The summed E-state index contributed by atoms with van der Waals surface area (Å²) in [4.78, 5) is 0. The largest absolute Gasteiger partial charge is 1.00 e. The van der Waals surface area contributed by atoms with Crippen molar-refractivity contribution in [2.75, 3.05) is 47.5 Å². The molecule has 0 spiro atoms. The van der Waals surface area contributed by atoms with E-state index in [0.29, 0.717) is 0 Å². The molecule has 3 nitrogen and oxygen atoms in total. The molecule has 0 radical (unpaired) electrons. The molecule has 0 aliphatic rings. The molecule has 0 rings (SSSR count). The smallest absolute Gasteiger partial charge is 0.130 e. The summed E-state index contributed by atoms with van der Waals surface area (Å²) in [6.07, 6.45) is 45.5. The topological polar surface area (TPSA) is 18.5 Å². The Morgan fingerprint density at radius 3 is 0.913 bits per heavy atom. The predicted molar refractivity (Wildman–Crippen MR) is 203 cm³/mol. The summed E-state index contributed by atoms with van der Waals surface area (Å²) in [5, 5.41) is 0. The van der Waals surface area contributed by atoms with Gasteiger partial charge >= 0.3 is 0 Å². The summed E-state index contributed by atoms with van der Waals surface area (Å²) in [6.45, 7) is 8.18. The van der Waals surface area contributed by atoms with Gasteiger partial charge in [-0.25, -0.2) is 0 Å². The molecule has 0 saturated heterocycles. The zero-order valence-electron chi connectivity index (χ0n) is 32.7. The quantitative estimate of drug-likeness (QED) is 0.0477. The highest BCUT2D eigenvalue weighted by Crippen LogP contribution is 2.15. The van der Waals surface area contributed by atoms with Gasteiger partial charge < -0.3 is 26.4 Å². The van der Waals surface area contributed by atoms with Crippen molar-refractivity contribution in [3.63, 3.8) is 0 Å². The van der Waals surface area contributed by atoms with Crippen LogP contribution >= 0.6 is 0 Å². The van der Waals surface area contributed by atoms with Crippen LogP contribution in [0, 0.1) is 0 Å². The Kier molecular flexibility index (Phi) is 41.6. The van der Waals surface area contributed by atoms with Gasteiger partial charge in [-0.1, -0.05) is 206 Å². The van der Waals surface area contributed by atoms with E-state index in [9.17, 15) is 0 Å². The van der Waals surface area contributed by atoms with Gasteiger partial charge in [-0.2, -0.15) is 0 Å². The first-order chi connectivity index (χ1) is 22.0. The van der Waals surface area contributed by atoms with Crippen LogP contribution in [0.2, 0.25) is 0 Å². The van der Waals surface area contributed by atoms with Gasteiger partial charge in [0.1, 0.15) is 12.6 Å². The lowest BCUT2D eigenvalue weighted by Gasteiger charge is -2.29. The van der Waals surface area contributed by atoms with Crippen LogP contribution in [0.1, 0.15) is 219 Å². The van der Waals surface area contributed by atoms with E-state index in [1.54, 1.807) is 0 Å². The molecule has 1 unspecified atom stereocenters. The standard InChI is InChI=1S/C42H88NO2.ClH/c1-6-8-10-12-14-16-18-20-22-24-26-28-30-32-34-36-38-44-41-42(40-43(3,4)5)45-39-37-35-33-31-29-27-25-23-21-19-17-15-13-11-9-7-2;/h42H,6-41H2,1-5H3;1H/q+1;/p-1. The highest BCUT2D eigenvalue weighted by Gasteiger charge is 2.19. The first-order valence-corrected chi connectivity index (χ1v) is 21.0. The molecule has 0 aromatic heterocycles. The molecule has 0 aliphatic heterocycles. The molecular formula is C42H88ClNO2. The van der Waals surface area contributed by atoms with Crippen LogP contribution in [0.15, 0.2) is 0 Å². The minimum absolute atomic E-state index is 0. The molecular weight excluding hydrogens is 586 g/mol. The second kappa shape index (κ2) is 39.6. The van der Waals surface area contributed by atoms with Crippen LogP contribution in [-0.4, -0.2) is 58.1 Å². The summed E-state index contributed by atoms with van der Waals surface area (Å²) in [5.41, 5.74) is 0. The van der Waals surface area contributed by atoms with Gasteiger partial charge in [-0.05, 0) is 12.8 Å². The zero-order valence-corrected chi connectivity index (χ0v) is 33.4. The minimum Gasteiger partial charge on any atom is -1.00 e. The van der Waals surface area contributed by atoms with Crippen molar-refractivity contribution in [2.24, 2.45) is 0 Å². The Balaban J connectivity index is 0. The molecule has 0 aromatic carbocycles. The highest BCUT2D eigenvalue weighted by molar-refractivity contribution is 4.57. The Hall–Kier alpha value is 0.170. The van der Waals surface area contributed by atoms with Crippen molar-refractivity contribution in [3.05, 3.63) is 0 Å². The Bertz CT molecular complexity index is 538. The van der Waals surface area contributed by atoms with Crippen molar-refractivity contribution in [3.8, 4) is 0 Å². The van der Waals surface area contributed by atoms with Gasteiger partial charge in [0.15, 0.2) is 0 Å². The minimum atomic E-state index is 0. The number of halogens is 1. The maximum Gasteiger partial charge on any atom is 0.130 e. The lowest BCUT2D eigenvalue weighted by Crippen LogP contribution is -3.00. The van der Waals surface area contributed by atoms with E-state index in [0.717, 1.165) is 30.8 Å². The molecule has 0 fully saturated rings. The summed E-state index contributed by atoms with van der Waals surface area (Å²) in [7, 11) is 6.79. The fraction of sp³-hybridized carbons (Fsp3) is 1.00. The lowest BCUT2D eigenvalue weighted by atomic mass is 10.0. The lowest BCUT2D eigenvalue weighted by molar-refractivity contribution is -0.873. The van der Waals surface area contributed by atoms with Crippen molar-refractivity contribution in [1.82, 2.24) is 0 Å². The Labute approximate surface area is 298 Å². The Morgan fingerprint density at radius 2 is 0.630 bits per heavy atom. The molecule has 0 amide bonds. The molecule has 0 aliphatic carbocycles. The average molecular weight is 675 g/mol. The van der Waals surface area contributed by atoms with Gasteiger partial charge in [0.2, 0.25) is 0 Å². The fourth-order valence-electron chi connectivity index (χ4n) is 6.63. The number of ether oxygens (including phenoxy) is 2. The fourth-order valence-corrected chi connectivity index (χ4v) is 6.63. The monoisotopic (exact) mass is 674 g/mol. The zero-order chi connectivity index (χ0) is 32.9. The van der Waals surface area contributed by atoms with E-state index in [2.05, 4.69) is 35.0 Å². The maximum atomic E-state index is 6.33. The molecule has 0 heterocycles. The SMILES string of the molecule is CCCCCCCCCCCCCCCCCCOCC(C[N+](C)(C)C)OCCCCCCCCCCCCCCCCCC.[Cl-]. The van der Waals surface area contributed by atoms with Crippen molar-refractivity contribution >= 4 is 0 Å². The third-order valence-electron chi connectivity index (χ3n) is 9.55. The van der Waals surface area contributed by atoms with Gasteiger partial charge in [0.05, 0.1) is 27.7 Å². The van der Waals surface area contributed by atoms with E-state index in [1.165, 1.54) is 205 Å². The van der Waals surface area contributed by atoms with E-state index >= 15 is 0 Å². The van der Waals surface area contributed by atoms with Crippen molar-refractivity contribution < 1.29 is 26.4 Å². The number of rotatable bonds is 39. The molecule has 1 atom stereocenters. The average Bonchev–Trinajstić information content (AvgIpc) is 3.01.